The predicted octanol–water partition coefficient (Wildman–Crippen LogP) is 3.35. The van der Waals surface area contributed by atoms with Gasteiger partial charge in [0.05, 0.1) is 35.1 Å². The van der Waals surface area contributed by atoms with Crippen LogP contribution in [0.25, 0.3) is 6.08 Å². The molecule has 4 N–H and O–H groups in total. The van der Waals surface area contributed by atoms with Crippen molar-refractivity contribution in [2.45, 2.75) is 70.6 Å². The molecule has 11 nitrogen and oxygen atoms in total. The second kappa shape index (κ2) is 11.5. The normalized spacial score (nSPS) is 26.3. The Balaban J connectivity index is 1.56. The summed E-state index contributed by atoms with van der Waals surface area (Å²) >= 11 is 2.30. The molecule has 1 saturated heterocycles. The molecule has 38 heavy (non-hydrogen) atoms. The fourth-order valence-corrected chi connectivity index (χ4v) is 7.40. The zero-order chi connectivity index (χ0) is 27.6. The number of primary amides is 1. The third kappa shape index (κ3) is 5.32. The Morgan fingerprint density at radius 3 is 2.68 bits per heavy atom. The number of fused-ring (bicyclic) bond motifs is 1. The number of carbonyl (C=O) groups is 4. The van der Waals surface area contributed by atoms with E-state index in [0.717, 1.165) is 43.9 Å². The Bertz CT molecular complexity index is 1170. The highest BCUT2D eigenvalue weighted by atomic mass is 32.2. The van der Waals surface area contributed by atoms with Crippen molar-refractivity contribution in [2.75, 3.05) is 6.61 Å². The number of thiazole rings is 1. The zero-order valence-electron chi connectivity index (χ0n) is 21.1. The van der Waals surface area contributed by atoms with E-state index in [9.17, 15) is 29.4 Å². The van der Waals surface area contributed by atoms with Crippen molar-refractivity contribution in [3.63, 3.8) is 0 Å². The van der Waals surface area contributed by atoms with Gasteiger partial charge in [-0.25, -0.2) is 14.6 Å². The van der Waals surface area contributed by atoms with Gasteiger partial charge in [0.2, 0.25) is 5.91 Å². The average Bonchev–Trinajstić information content (AvgIpc) is 3.40. The second-order valence-corrected chi connectivity index (χ2v) is 11.7. The van der Waals surface area contributed by atoms with E-state index in [-0.39, 0.29) is 30.5 Å². The molecule has 4 atom stereocenters. The molecule has 2 aliphatic heterocycles. The summed E-state index contributed by atoms with van der Waals surface area (Å²) in [7, 11) is 0. The number of rotatable bonds is 10. The van der Waals surface area contributed by atoms with Crippen LogP contribution >= 0.6 is 23.1 Å². The van der Waals surface area contributed by atoms with Gasteiger partial charge in [-0.05, 0) is 50.5 Å². The third-order valence-electron chi connectivity index (χ3n) is 7.38. The SMILES string of the molecule is C[C@@H](O)[C@H]1C(=O)N2C(C(=O)O)=C(SC=Cc3scnc3C(N)=O)C(C)(CCOC(=O)OC3CCCCC3)[C@@H]12. The first-order valence-electron chi connectivity index (χ1n) is 12.4. The number of aliphatic carboxylic acids is 1. The molecule has 0 radical (unpaired) electrons. The Kier molecular flexibility index (Phi) is 8.48. The van der Waals surface area contributed by atoms with E-state index >= 15 is 0 Å². The number of carboxylic acids is 1. The van der Waals surface area contributed by atoms with E-state index < -0.39 is 47.4 Å². The fourth-order valence-electron chi connectivity index (χ4n) is 5.50. The van der Waals surface area contributed by atoms with E-state index in [1.54, 1.807) is 18.4 Å². The summed E-state index contributed by atoms with van der Waals surface area (Å²) < 4.78 is 10.8. The van der Waals surface area contributed by atoms with Crippen LogP contribution in [0.1, 0.15) is 67.7 Å². The lowest BCUT2D eigenvalue weighted by Crippen LogP contribution is -2.66. The van der Waals surface area contributed by atoms with Crippen molar-refractivity contribution in [2.24, 2.45) is 17.1 Å². The summed E-state index contributed by atoms with van der Waals surface area (Å²) in [6, 6.07) is -0.625. The Morgan fingerprint density at radius 1 is 1.34 bits per heavy atom. The molecule has 3 heterocycles. The standard InChI is InChI=1S/C25H31N3O8S2/c1-13(29)16-19-25(2,9-10-35-24(34)36-14-6-4-3-5-7-14)20(18(23(32)33)28(19)22(16)31)37-11-8-15-17(21(26)30)27-12-38-15/h8,11-14,16,19,29H,3-7,9-10H2,1-2H3,(H2,26,30)(H,32,33)/t13-,16-,19-,25?/m1/s1. The number of β-lactam (4-membered cyclic amide) rings is 1. The highest BCUT2D eigenvalue weighted by Crippen LogP contribution is 2.59. The van der Waals surface area contributed by atoms with Crippen molar-refractivity contribution < 1.29 is 38.9 Å². The van der Waals surface area contributed by atoms with Crippen molar-refractivity contribution >= 4 is 53.1 Å². The second-order valence-electron chi connectivity index (χ2n) is 9.90. The number of nitrogens with two attached hydrogens (primary N) is 1. The number of carboxylic acid groups (broad SMARTS) is 1. The summed E-state index contributed by atoms with van der Waals surface area (Å²) in [5, 5.41) is 22.0. The highest BCUT2D eigenvalue weighted by molar-refractivity contribution is 8.06. The molecule has 1 aromatic rings. The Labute approximate surface area is 228 Å². The molecule has 0 spiro atoms. The van der Waals surface area contributed by atoms with Gasteiger partial charge in [0, 0.05) is 10.3 Å². The van der Waals surface area contributed by atoms with E-state index in [2.05, 4.69) is 4.98 Å². The van der Waals surface area contributed by atoms with Crippen molar-refractivity contribution in [3.8, 4) is 0 Å². The molecule has 1 saturated carbocycles. The van der Waals surface area contributed by atoms with Crippen LogP contribution in [0.15, 0.2) is 21.5 Å². The van der Waals surface area contributed by atoms with Crippen LogP contribution in [0.5, 0.6) is 0 Å². The van der Waals surface area contributed by atoms with Gasteiger partial charge >= 0.3 is 12.1 Å². The van der Waals surface area contributed by atoms with Gasteiger partial charge in [0.15, 0.2) is 0 Å². The zero-order valence-corrected chi connectivity index (χ0v) is 22.8. The fraction of sp³-hybridized carbons (Fsp3) is 0.560. The van der Waals surface area contributed by atoms with Gasteiger partial charge < -0.3 is 30.3 Å². The van der Waals surface area contributed by atoms with Gasteiger partial charge in [0.25, 0.3) is 5.91 Å². The minimum atomic E-state index is -1.28. The van der Waals surface area contributed by atoms with Gasteiger partial charge in [-0.15, -0.1) is 11.3 Å². The summed E-state index contributed by atoms with van der Waals surface area (Å²) in [6.07, 6.45) is 4.61. The van der Waals surface area contributed by atoms with E-state index in [1.807, 2.05) is 0 Å². The average molecular weight is 566 g/mol. The van der Waals surface area contributed by atoms with Gasteiger partial charge in [-0.1, -0.05) is 25.1 Å². The number of ether oxygens (including phenoxy) is 2. The van der Waals surface area contributed by atoms with Crippen molar-refractivity contribution in [1.82, 2.24) is 9.88 Å². The number of nitrogens with zero attached hydrogens (tertiary/aromatic N) is 2. The Hall–Kier alpha value is -2.90. The molecule has 1 aliphatic carbocycles. The van der Waals surface area contributed by atoms with Crippen LogP contribution in [0.2, 0.25) is 0 Å². The molecular formula is C25H31N3O8S2. The first-order chi connectivity index (χ1) is 18.1. The molecule has 13 heteroatoms. The van der Waals surface area contributed by atoms with E-state index in [4.69, 9.17) is 15.2 Å². The highest BCUT2D eigenvalue weighted by Gasteiger charge is 2.66. The van der Waals surface area contributed by atoms with Crippen LogP contribution in [0.3, 0.4) is 0 Å². The molecule has 0 aromatic carbocycles. The Morgan fingerprint density at radius 2 is 2.05 bits per heavy atom. The van der Waals surface area contributed by atoms with Crippen LogP contribution in [0, 0.1) is 11.3 Å². The number of hydrogen-bond donors (Lipinski definition) is 3. The number of thioether (sulfide) groups is 1. The number of aromatic nitrogens is 1. The molecular weight excluding hydrogens is 534 g/mol. The molecule has 1 unspecified atom stereocenters. The number of hydrogen-bond acceptors (Lipinski definition) is 10. The smallest absolute Gasteiger partial charge is 0.477 e. The largest absolute Gasteiger partial charge is 0.508 e. The van der Waals surface area contributed by atoms with Crippen molar-refractivity contribution in [1.29, 1.82) is 0 Å². The maximum absolute atomic E-state index is 12.9. The van der Waals surface area contributed by atoms with Crippen LogP contribution < -0.4 is 5.73 Å². The summed E-state index contributed by atoms with van der Waals surface area (Å²) in [4.78, 5) is 55.2. The minimum absolute atomic E-state index is 0.0611. The predicted molar refractivity (Wildman–Crippen MR) is 140 cm³/mol. The lowest BCUT2D eigenvalue weighted by atomic mass is 9.68. The van der Waals surface area contributed by atoms with Gasteiger partial charge in [-0.3, -0.25) is 9.59 Å². The molecule has 4 rings (SSSR count). The number of amides is 2. The minimum Gasteiger partial charge on any atom is -0.477 e. The lowest BCUT2D eigenvalue weighted by molar-refractivity contribution is -0.167. The van der Waals surface area contributed by atoms with E-state index in [0.29, 0.717) is 9.78 Å². The molecule has 1 aromatic heterocycles. The lowest BCUT2D eigenvalue weighted by Gasteiger charge is -2.50. The molecule has 0 bridgehead atoms. The number of aliphatic hydroxyl groups is 1. The maximum atomic E-state index is 12.9. The first kappa shape index (κ1) is 28.1. The first-order valence-corrected chi connectivity index (χ1v) is 14.2. The molecule has 206 valence electrons. The van der Waals surface area contributed by atoms with Gasteiger partial charge in [-0.2, -0.15) is 0 Å². The molecule has 2 fully saturated rings. The summed E-state index contributed by atoms with van der Waals surface area (Å²) in [5.41, 5.74) is 5.83. The maximum Gasteiger partial charge on any atom is 0.508 e. The molecule has 3 aliphatic rings. The molecule has 2 amide bonds. The van der Waals surface area contributed by atoms with Gasteiger partial charge in [0.1, 0.15) is 17.5 Å². The third-order valence-corrected chi connectivity index (χ3v) is 9.34. The number of aliphatic hydroxyl groups excluding tert-OH is 1. The quantitative estimate of drug-likeness (QED) is 0.282. The van der Waals surface area contributed by atoms with Crippen LogP contribution in [-0.2, 0) is 19.1 Å². The van der Waals surface area contributed by atoms with Crippen molar-refractivity contribution in [3.05, 3.63) is 32.1 Å². The number of carbonyl (C=O) groups excluding carboxylic acids is 3. The monoisotopic (exact) mass is 565 g/mol. The summed E-state index contributed by atoms with van der Waals surface area (Å²) in [5.74, 6) is -3.23. The van der Waals surface area contributed by atoms with E-state index in [1.165, 1.54) is 28.7 Å². The van der Waals surface area contributed by atoms with Crippen LogP contribution in [-0.4, -0.2) is 68.9 Å². The topological polar surface area (TPSA) is 169 Å². The van der Waals surface area contributed by atoms with Crippen LogP contribution in [0.4, 0.5) is 4.79 Å². The summed E-state index contributed by atoms with van der Waals surface area (Å²) in [6.45, 7) is 3.24.